The molecule has 2 N–H and O–H groups in total. The highest BCUT2D eigenvalue weighted by Crippen LogP contribution is 2.27. The Morgan fingerprint density at radius 3 is 2.35 bits per heavy atom. The molecular weight excluding hydrogens is 348 g/mol. The average molecular weight is 375 g/mol. The number of carbonyl (C=O) groups excluding carboxylic acids is 1. The van der Waals surface area contributed by atoms with Crippen LogP contribution in [0, 0.1) is 20.8 Å². The number of hydrogen-bond acceptors (Lipinski definition) is 3. The SMILES string of the molecule is Cc1ccc(S(=O)(=O)NCC(=O)Nc2c(C)cccc2C(C)C)c(C)c1. The van der Waals surface area contributed by atoms with Gasteiger partial charge in [0.2, 0.25) is 15.9 Å². The van der Waals surface area contributed by atoms with Gasteiger partial charge in [0, 0.05) is 5.69 Å². The van der Waals surface area contributed by atoms with Crippen molar-refractivity contribution in [3.63, 3.8) is 0 Å². The molecule has 140 valence electrons. The monoisotopic (exact) mass is 374 g/mol. The van der Waals surface area contributed by atoms with Crippen LogP contribution in [0.2, 0.25) is 0 Å². The number of carbonyl (C=O) groups is 1. The molecule has 0 unspecified atom stereocenters. The van der Waals surface area contributed by atoms with E-state index in [1.807, 2.05) is 45.9 Å². The van der Waals surface area contributed by atoms with Crippen LogP contribution in [0.25, 0.3) is 0 Å². The molecule has 0 atom stereocenters. The number of nitrogens with one attached hydrogen (secondary N) is 2. The van der Waals surface area contributed by atoms with Crippen LogP contribution >= 0.6 is 0 Å². The summed E-state index contributed by atoms with van der Waals surface area (Å²) < 4.78 is 27.3. The van der Waals surface area contributed by atoms with Crippen molar-refractivity contribution in [1.82, 2.24) is 4.72 Å². The normalized spacial score (nSPS) is 11.6. The standard InChI is InChI=1S/C20H26N2O3S/c1-13(2)17-8-6-7-15(4)20(17)22-19(23)12-21-26(24,25)18-10-9-14(3)11-16(18)5/h6-11,13,21H,12H2,1-5H3,(H,22,23). The molecule has 0 saturated heterocycles. The molecule has 0 aliphatic rings. The maximum atomic E-state index is 12.5. The number of rotatable bonds is 6. The molecule has 0 aliphatic carbocycles. The van der Waals surface area contributed by atoms with Crippen molar-refractivity contribution in [2.45, 2.75) is 45.4 Å². The molecule has 0 bridgehead atoms. The molecular formula is C20H26N2O3S. The Balaban J connectivity index is 2.12. The second-order valence-corrected chi connectivity index (χ2v) is 8.57. The summed E-state index contributed by atoms with van der Waals surface area (Å²) in [4.78, 5) is 12.5. The van der Waals surface area contributed by atoms with Crippen molar-refractivity contribution < 1.29 is 13.2 Å². The third-order valence-corrected chi connectivity index (χ3v) is 5.80. The maximum absolute atomic E-state index is 12.5. The van der Waals surface area contributed by atoms with Crippen molar-refractivity contribution in [2.75, 3.05) is 11.9 Å². The number of benzene rings is 2. The Labute approximate surface area is 155 Å². The summed E-state index contributed by atoms with van der Waals surface area (Å²) in [6.07, 6.45) is 0. The van der Waals surface area contributed by atoms with Crippen LogP contribution in [0.4, 0.5) is 5.69 Å². The van der Waals surface area contributed by atoms with Gasteiger partial charge in [0.15, 0.2) is 0 Å². The predicted octanol–water partition coefficient (Wildman–Crippen LogP) is 3.65. The molecule has 0 fully saturated rings. The first kappa shape index (κ1) is 20.1. The molecule has 2 rings (SSSR count). The lowest BCUT2D eigenvalue weighted by atomic mass is 9.98. The smallest absolute Gasteiger partial charge is 0.241 e. The summed E-state index contributed by atoms with van der Waals surface area (Å²) in [5.74, 6) is -0.147. The van der Waals surface area contributed by atoms with Crippen LogP contribution < -0.4 is 10.0 Å². The first-order valence-electron chi connectivity index (χ1n) is 8.58. The third-order valence-electron chi connectivity index (χ3n) is 4.23. The van der Waals surface area contributed by atoms with E-state index in [-0.39, 0.29) is 17.4 Å². The molecule has 0 aromatic heterocycles. The van der Waals surface area contributed by atoms with E-state index in [9.17, 15) is 13.2 Å². The van der Waals surface area contributed by atoms with Gasteiger partial charge in [-0.1, -0.05) is 49.7 Å². The van der Waals surface area contributed by atoms with Crippen molar-refractivity contribution in [2.24, 2.45) is 0 Å². The van der Waals surface area contributed by atoms with Gasteiger partial charge in [0.1, 0.15) is 0 Å². The summed E-state index contributed by atoms with van der Waals surface area (Å²) >= 11 is 0. The van der Waals surface area contributed by atoms with Crippen molar-refractivity contribution in [1.29, 1.82) is 0 Å². The lowest BCUT2D eigenvalue weighted by Gasteiger charge is -2.17. The molecule has 0 aliphatic heterocycles. The molecule has 26 heavy (non-hydrogen) atoms. The van der Waals surface area contributed by atoms with E-state index in [4.69, 9.17) is 0 Å². The van der Waals surface area contributed by atoms with Gasteiger partial charge in [-0.3, -0.25) is 4.79 Å². The Bertz CT molecular complexity index is 919. The highest BCUT2D eigenvalue weighted by atomic mass is 32.2. The number of para-hydroxylation sites is 1. The lowest BCUT2D eigenvalue weighted by Crippen LogP contribution is -2.33. The quantitative estimate of drug-likeness (QED) is 0.810. The largest absolute Gasteiger partial charge is 0.324 e. The fourth-order valence-corrected chi connectivity index (χ4v) is 4.07. The number of amides is 1. The number of aryl methyl sites for hydroxylation is 3. The van der Waals surface area contributed by atoms with E-state index < -0.39 is 15.9 Å². The Morgan fingerprint density at radius 1 is 1.04 bits per heavy atom. The van der Waals surface area contributed by atoms with E-state index in [0.29, 0.717) is 5.56 Å². The van der Waals surface area contributed by atoms with Crippen molar-refractivity contribution in [3.05, 3.63) is 58.7 Å². The van der Waals surface area contributed by atoms with Crippen molar-refractivity contribution in [3.8, 4) is 0 Å². The van der Waals surface area contributed by atoms with E-state index in [1.165, 1.54) is 0 Å². The van der Waals surface area contributed by atoms with Gasteiger partial charge in [-0.25, -0.2) is 13.1 Å². The van der Waals surface area contributed by atoms with Gasteiger partial charge >= 0.3 is 0 Å². The molecule has 5 nitrogen and oxygen atoms in total. The third kappa shape index (κ3) is 4.71. The Hall–Kier alpha value is -2.18. The van der Waals surface area contributed by atoms with E-state index in [2.05, 4.69) is 10.0 Å². The zero-order valence-corrected chi connectivity index (χ0v) is 16.7. The van der Waals surface area contributed by atoms with Crippen LogP contribution in [-0.2, 0) is 14.8 Å². The summed E-state index contributed by atoms with van der Waals surface area (Å²) in [5, 5.41) is 2.84. The minimum absolute atomic E-state index is 0.190. The topological polar surface area (TPSA) is 75.3 Å². The zero-order valence-electron chi connectivity index (χ0n) is 15.9. The summed E-state index contributed by atoms with van der Waals surface area (Å²) in [6, 6.07) is 10.9. The van der Waals surface area contributed by atoms with Gasteiger partial charge < -0.3 is 5.32 Å². The highest BCUT2D eigenvalue weighted by molar-refractivity contribution is 7.89. The average Bonchev–Trinajstić information content (AvgIpc) is 2.54. The lowest BCUT2D eigenvalue weighted by molar-refractivity contribution is -0.115. The van der Waals surface area contributed by atoms with Gasteiger partial charge in [0.25, 0.3) is 0 Å². The first-order chi connectivity index (χ1) is 12.1. The van der Waals surface area contributed by atoms with Gasteiger partial charge in [-0.05, 0) is 49.4 Å². The van der Waals surface area contributed by atoms with E-state index >= 15 is 0 Å². The number of sulfonamides is 1. The minimum atomic E-state index is -3.74. The predicted molar refractivity (Wildman–Crippen MR) is 105 cm³/mol. The van der Waals surface area contributed by atoms with Crippen LogP contribution in [0.15, 0.2) is 41.3 Å². The van der Waals surface area contributed by atoms with Crippen LogP contribution in [-0.4, -0.2) is 20.9 Å². The van der Waals surface area contributed by atoms with Crippen molar-refractivity contribution >= 4 is 21.6 Å². The minimum Gasteiger partial charge on any atom is -0.324 e. The molecule has 0 heterocycles. The van der Waals surface area contributed by atoms with Crippen LogP contribution in [0.1, 0.15) is 42.0 Å². The van der Waals surface area contributed by atoms with Gasteiger partial charge in [0.05, 0.1) is 11.4 Å². The summed E-state index contributed by atoms with van der Waals surface area (Å²) in [6.45, 7) is 9.34. The molecule has 0 radical (unpaired) electrons. The van der Waals surface area contributed by atoms with Gasteiger partial charge in [-0.2, -0.15) is 0 Å². The Kier molecular flexibility index (Phi) is 6.21. The molecule has 0 spiro atoms. The van der Waals surface area contributed by atoms with Gasteiger partial charge in [-0.15, -0.1) is 0 Å². The van der Waals surface area contributed by atoms with E-state index in [1.54, 1.807) is 25.1 Å². The number of anilines is 1. The molecule has 0 saturated carbocycles. The molecule has 2 aromatic carbocycles. The number of hydrogen-bond donors (Lipinski definition) is 2. The highest BCUT2D eigenvalue weighted by Gasteiger charge is 2.19. The summed E-state index contributed by atoms with van der Waals surface area (Å²) in [7, 11) is -3.74. The zero-order chi connectivity index (χ0) is 19.5. The van der Waals surface area contributed by atoms with Crippen LogP contribution in [0.3, 0.4) is 0 Å². The fourth-order valence-electron chi connectivity index (χ4n) is 2.87. The molecule has 6 heteroatoms. The molecule has 1 amide bonds. The molecule has 2 aromatic rings. The van der Waals surface area contributed by atoms with E-state index in [0.717, 1.165) is 22.4 Å². The second-order valence-electron chi connectivity index (χ2n) is 6.84. The second kappa shape index (κ2) is 8.01. The Morgan fingerprint density at radius 2 is 1.73 bits per heavy atom. The van der Waals surface area contributed by atoms with Crippen LogP contribution in [0.5, 0.6) is 0 Å². The first-order valence-corrected chi connectivity index (χ1v) is 10.1. The maximum Gasteiger partial charge on any atom is 0.241 e. The fraction of sp³-hybridized carbons (Fsp3) is 0.350. The summed E-state index contributed by atoms with van der Waals surface area (Å²) in [5.41, 5.74) is 4.36.